The lowest BCUT2D eigenvalue weighted by Gasteiger charge is -2.36. The van der Waals surface area contributed by atoms with Crippen LogP contribution in [0, 0.1) is 14.9 Å². The molecule has 2 aromatic carbocycles. The molecule has 13 nitrogen and oxygen atoms in total. The lowest BCUT2D eigenvalue weighted by Crippen LogP contribution is -2.50. The number of hydrogen-bond acceptors (Lipinski definition) is 9. The van der Waals surface area contributed by atoms with Gasteiger partial charge in [0.1, 0.15) is 28.3 Å². The fourth-order valence-electron chi connectivity index (χ4n) is 6.38. The van der Waals surface area contributed by atoms with Gasteiger partial charge in [0, 0.05) is 78.9 Å². The number of rotatable bonds is 4. The van der Waals surface area contributed by atoms with E-state index < -0.39 is 11.2 Å². The molecule has 2 saturated heterocycles. The summed E-state index contributed by atoms with van der Waals surface area (Å²) in [7, 11) is 0. The summed E-state index contributed by atoms with van der Waals surface area (Å²) in [6.07, 6.45) is -0.524. The van der Waals surface area contributed by atoms with E-state index in [9.17, 15) is 14.9 Å². The molecule has 18 heteroatoms. The predicted molar refractivity (Wildman–Crippen MR) is 239 cm³/mol. The standard InChI is InChI=1S/C19H23Br2N5O2.C18H23Br2IN4O2/c1-5-26-14-10-13(20)15(21)12(11-22)16(14)23-17(26)24-6-8-25(9-7-24)18(27)28-19(2,3)4;1-5-25-12-10-11(19)13(20)14(21)15(12)22-16(25)23-6-8-24(9-7-23)17(26)27-18(2,3)4/h10H,5-9H2,1-4H3;10H,5-9H2,1-4H3. The Kier molecular flexibility index (Phi) is 14.1. The molecule has 0 unspecified atom stereocenters. The zero-order valence-corrected chi connectivity index (χ0v) is 40.8. The molecule has 2 aliphatic heterocycles. The minimum absolute atomic E-state index is 0.242. The van der Waals surface area contributed by atoms with Crippen molar-refractivity contribution in [3.63, 3.8) is 0 Å². The lowest BCUT2D eigenvalue weighted by molar-refractivity contribution is 0.0229. The summed E-state index contributed by atoms with van der Waals surface area (Å²) in [6, 6.07) is 6.34. The maximum Gasteiger partial charge on any atom is 0.410 e. The van der Waals surface area contributed by atoms with Gasteiger partial charge < -0.3 is 38.2 Å². The van der Waals surface area contributed by atoms with Gasteiger partial charge in [-0.25, -0.2) is 19.6 Å². The molecular formula is C37H46Br4IN9O4. The molecule has 2 aromatic heterocycles. The molecule has 0 spiro atoms. The summed E-state index contributed by atoms with van der Waals surface area (Å²) in [6.45, 7) is 22.2. The molecule has 55 heavy (non-hydrogen) atoms. The largest absolute Gasteiger partial charge is 0.444 e. The fourth-order valence-corrected chi connectivity index (χ4v) is 8.96. The van der Waals surface area contributed by atoms with Gasteiger partial charge in [0.05, 0.1) is 24.6 Å². The van der Waals surface area contributed by atoms with Gasteiger partial charge in [-0.05, 0) is 154 Å². The third-order valence-electron chi connectivity index (χ3n) is 8.95. The van der Waals surface area contributed by atoms with E-state index in [4.69, 9.17) is 19.4 Å². The van der Waals surface area contributed by atoms with Crippen molar-refractivity contribution in [2.24, 2.45) is 0 Å². The van der Waals surface area contributed by atoms with Crippen molar-refractivity contribution >= 4 is 132 Å². The summed E-state index contributed by atoms with van der Waals surface area (Å²) in [5.41, 5.74) is 3.26. The quantitative estimate of drug-likeness (QED) is 0.145. The molecule has 0 aliphatic carbocycles. The van der Waals surface area contributed by atoms with Crippen molar-refractivity contribution < 1.29 is 19.1 Å². The number of carbonyl (C=O) groups is 2. The van der Waals surface area contributed by atoms with Gasteiger partial charge in [-0.3, -0.25) is 0 Å². The van der Waals surface area contributed by atoms with Gasteiger partial charge in [-0.2, -0.15) is 5.26 Å². The Morgan fingerprint density at radius 3 is 1.47 bits per heavy atom. The van der Waals surface area contributed by atoms with Crippen LogP contribution in [0.5, 0.6) is 0 Å². The Labute approximate surface area is 369 Å². The number of aromatic nitrogens is 4. The molecule has 6 rings (SSSR count). The fraction of sp³-hybridized carbons (Fsp3) is 0.541. The number of hydrogen-bond donors (Lipinski definition) is 0. The van der Waals surface area contributed by atoms with Crippen LogP contribution in [0.1, 0.15) is 61.0 Å². The minimum atomic E-state index is -0.501. The zero-order valence-electron chi connectivity index (χ0n) is 32.3. The van der Waals surface area contributed by atoms with Crippen LogP contribution in [0.15, 0.2) is 30.0 Å². The highest BCUT2D eigenvalue weighted by molar-refractivity contribution is 14.1. The molecule has 0 N–H and O–H groups in total. The van der Waals surface area contributed by atoms with Crippen LogP contribution in [0.4, 0.5) is 21.5 Å². The molecule has 0 saturated carbocycles. The van der Waals surface area contributed by atoms with E-state index in [0.717, 1.165) is 71.6 Å². The van der Waals surface area contributed by atoms with Gasteiger partial charge in [-0.15, -0.1) is 0 Å². The SMILES string of the molecule is CCn1c(N2CCN(C(=O)OC(C)(C)C)CC2)nc2c(C#N)c(Br)c(Br)cc21.CCn1c(N2CCN(C(=O)OC(C)(C)C)CC2)nc2c(I)c(Br)c(Br)cc21. The summed E-state index contributed by atoms with van der Waals surface area (Å²) in [4.78, 5) is 42.2. The van der Waals surface area contributed by atoms with E-state index in [-0.39, 0.29) is 12.2 Å². The maximum absolute atomic E-state index is 12.3. The number of nitrogens with zero attached hydrogens (tertiary/aromatic N) is 9. The highest BCUT2D eigenvalue weighted by Crippen LogP contribution is 2.37. The number of imidazole rings is 2. The number of ether oxygens (including phenoxy) is 2. The van der Waals surface area contributed by atoms with Crippen LogP contribution in [0.25, 0.3) is 22.1 Å². The molecule has 2 fully saturated rings. The Bertz CT molecular complexity index is 2120. The molecule has 0 radical (unpaired) electrons. The van der Waals surface area contributed by atoms with Crippen molar-refractivity contribution in [2.45, 2.75) is 79.7 Å². The van der Waals surface area contributed by atoms with Crippen LogP contribution in [0.2, 0.25) is 0 Å². The molecular weight excluding hydrogens is 1080 g/mol. The van der Waals surface area contributed by atoms with E-state index in [2.05, 4.69) is 131 Å². The topological polar surface area (TPSA) is 125 Å². The van der Waals surface area contributed by atoms with Crippen LogP contribution >= 0.6 is 86.3 Å². The first kappa shape index (κ1) is 43.8. The molecule has 2 aliphatic rings. The number of benzene rings is 2. The smallest absolute Gasteiger partial charge is 0.410 e. The number of amides is 2. The normalized spacial score (nSPS) is 15.3. The summed E-state index contributed by atoms with van der Waals surface area (Å²) in [5, 5.41) is 9.59. The number of nitriles is 1. The number of fused-ring (bicyclic) bond motifs is 2. The second-order valence-electron chi connectivity index (χ2n) is 15.1. The second kappa shape index (κ2) is 17.7. The van der Waals surface area contributed by atoms with Crippen molar-refractivity contribution in [2.75, 3.05) is 62.2 Å². The lowest BCUT2D eigenvalue weighted by atomic mass is 10.2. The van der Waals surface area contributed by atoms with Crippen molar-refractivity contribution in [3.8, 4) is 6.07 Å². The number of carbonyl (C=O) groups excluding carboxylic acids is 2. The third-order valence-corrected chi connectivity index (χ3v) is 14.7. The van der Waals surface area contributed by atoms with E-state index in [1.807, 2.05) is 47.6 Å². The van der Waals surface area contributed by atoms with Crippen LogP contribution < -0.4 is 9.80 Å². The Hall–Kier alpha value is -2.34. The van der Waals surface area contributed by atoms with Gasteiger partial charge in [0.25, 0.3) is 0 Å². The Balaban J connectivity index is 0.000000211. The zero-order chi connectivity index (χ0) is 40.6. The number of piperazine rings is 2. The second-order valence-corrected chi connectivity index (χ2v) is 19.5. The summed E-state index contributed by atoms with van der Waals surface area (Å²) >= 11 is 16.6. The summed E-state index contributed by atoms with van der Waals surface area (Å²) in [5.74, 6) is 1.78. The average molecular weight is 1130 g/mol. The first-order valence-corrected chi connectivity index (χ1v) is 22.3. The maximum atomic E-state index is 12.3. The molecule has 298 valence electrons. The van der Waals surface area contributed by atoms with Crippen LogP contribution in [-0.4, -0.2) is 105 Å². The molecule has 0 bridgehead atoms. The van der Waals surface area contributed by atoms with Crippen molar-refractivity contribution in [1.82, 2.24) is 28.9 Å². The molecule has 4 heterocycles. The van der Waals surface area contributed by atoms with Gasteiger partial charge >= 0.3 is 12.2 Å². The molecule has 4 aromatic rings. The predicted octanol–water partition coefficient (Wildman–Crippen LogP) is 9.75. The van der Waals surface area contributed by atoms with Crippen LogP contribution in [0.3, 0.4) is 0 Å². The Morgan fingerprint density at radius 2 is 1.09 bits per heavy atom. The molecule has 2 amide bonds. The van der Waals surface area contributed by atoms with E-state index >= 15 is 0 Å². The minimum Gasteiger partial charge on any atom is -0.444 e. The highest BCUT2D eigenvalue weighted by atomic mass is 127. The third kappa shape index (κ3) is 9.86. The monoisotopic (exact) mass is 1120 g/mol. The van der Waals surface area contributed by atoms with E-state index in [1.165, 1.54) is 0 Å². The van der Waals surface area contributed by atoms with E-state index in [0.29, 0.717) is 54.8 Å². The number of aryl methyl sites for hydroxylation is 2. The van der Waals surface area contributed by atoms with Gasteiger partial charge in [0.2, 0.25) is 11.9 Å². The van der Waals surface area contributed by atoms with E-state index in [1.54, 1.807) is 9.80 Å². The van der Waals surface area contributed by atoms with Gasteiger partial charge in [0.15, 0.2) is 0 Å². The highest BCUT2D eigenvalue weighted by Gasteiger charge is 2.30. The number of halogens is 5. The van der Waals surface area contributed by atoms with Crippen LogP contribution in [-0.2, 0) is 22.6 Å². The number of anilines is 2. The first-order chi connectivity index (χ1) is 25.8. The summed E-state index contributed by atoms with van der Waals surface area (Å²) < 4.78 is 20.0. The Morgan fingerprint density at radius 1 is 0.709 bits per heavy atom. The first-order valence-electron chi connectivity index (χ1n) is 18.1. The average Bonchev–Trinajstić information content (AvgIpc) is 3.68. The van der Waals surface area contributed by atoms with Crippen molar-refractivity contribution in [1.29, 1.82) is 5.26 Å². The van der Waals surface area contributed by atoms with Crippen molar-refractivity contribution in [3.05, 3.63) is 39.2 Å². The van der Waals surface area contributed by atoms with Gasteiger partial charge in [-0.1, -0.05) is 0 Å². The molecule has 0 atom stereocenters.